The molecule has 0 aliphatic heterocycles. The molecule has 0 atom stereocenters. The number of nitrogen functional groups attached to an aromatic ring is 1. The topological polar surface area (TPSA) is 95.5 Å². The third-order valence-electron chi connectivity index (χ3n) is 1.73. The number of esters is 1. The average molecular weight is 220 g/mol. The van der Waals surface area contributed by atoms with Gasteiger partial charge in [0, 0.05) is 23.7 Å². The van der Waals surface area contributed by atoms with E-state index in [1.807, 2.05) is 0 Å². The normalized spacial score (nSPS) is 8.81. The van der Waals surface area contributed by atoms with E-state index in [1.54, 1.807) is 0 Å². The predicted octanol–water partition coefficient (Wildman–Crippen LogP) is 0.702. The number of ether oxygens (including phenoxy) is 1. The molecule has 0 spiro atoms. The summed E-state index contributed by atoms with van der Waals surface area (Å²) in [7, 11) is 1.19. The fourth-order valence-corrected chi connectivity index (χ4v) is 0.935. The Kier molecular flexibility index (Phi) is 3.45. The Morgan fingerprint density at radius 1 is 1.56 bits per heavy atom. The molecule has 0 saturated carbocycles. The van der Waals surface area contributed by atoms with Gasteiger partial charge in [-0.3, -0.25) is 10.1 Å². The predicted molar refractivity (Wildman–Crippen MR) is 56.4 cm³/mol. The Labute approximate surface area is 91.2 Å². The lowest BCUT2D eigenvalue weighted by atomic mass is 10.1. The second kappa shape index (κ2) is 4.79. The lowest BCUT2D eigenvalue weighted by Crippen LogP contribution is -1.97. The van der Waals surface area contributed by atoms with E-state index in [1.165, 1.54) is 25.3 Å². The monoisotopic (exact) mass is 220 g/mol. The fraction of sp³-hybridized carbons (Fsp3) is 0.100. The molecule has 0 aromatic heterocycles. The molecule has 0 unspecified atom stereocenters. The van der Waals surface area contributed by atoms with Crippen LogP contribution in [0.2, 0.25) is 0 Å². The zero-order valence-corrected chi connectivity index (χ0v) is 8.39. The molecule has 1 aromatic carbocycles. The second-order valence-electron chi connectivity index (χ2n) is 2.77. The van der Waals surface area contributed by atoms with E-state index < -0.39 is 10.9 Å². The average Bonchev–Trinajstić information content (AvgIpc) is 2.27. The van der Waals surface area contributed by atoms with Gasteiger partial charge in [0.05, 0.1) is 17.6 Å². The highest BCUT2D eigenvalue weighted by atomic mass is 16.6. The molecule has 0 aliphatic carbocycles. The van der Waals surface area contributed by atoms with Gasteiger partial charge >= 0.3 is 5.97 Å². The highest BCUT2D eigenvalue weighted by Crippen LogP contribution is 2.18. The van der Waals surface area contributed by atoms with Crippen LogP contribution >= 0.6 is 0 Å². The van der Waals surface area contributed by atoms with Crippen LogP contribution in [0.1, 0.15) is 5.56 Å². The summed E-state index contributed by atoms with van der Waals surface area (Å²) in [6, 6.07) is 3.82. The first-order valence-electron chi connectivity index (χ1n) is 4.18. The standard InChI is InChI=1S/C10H8N2O4/c1-16-10(13)5-2-7-6-8(12(14)15)3-4-9(7)11/h3-4,6H,11H2,1H3. The SMILES string of the molecule is COC(=O)C#Cc1cc([N+](=O)[O-])ccc1N. The number of anilines is 1. The van der Waals surface area contributed by atoms with Crippen LogP contribution in [0.4, 0.5) is 11.4 Å². The van der Waals surface area contributed by atoms with Gasteiger partial charge in [-0.05, 0) is 6.07 Å². The Morgan fingerprint density at radius 2 is 2.25 bits per heavy atom. The molecular formula is C10H8N2O4. The van der Waals surface area contributed by atoms with E-state index in [0.29, 0.717) is 0 Å². The van der Waals surface area contributed by atoms with Crippen LogP contribution in [0, 0.1) is 22.0 Å². The Morgan fingerprint density at radius 3 is 2.81 bits per heavy atom. The van der Waals surface area contributed by atoms with Gasteiger partial charge in [-0.1, -0.05) is 5.92 Å². The first-order valence-corrected chi connectivity index (χ1v) is 4.18. The number of carbonyl (C=O) groups is 1. The zero-order valence-electron chi connectivity index (χ0n) is 8.39. The molecule has 0 amide bonds. The zero-order chi connectivity index (χ0) is 12.1. The van der Waals surface area contributed by atoms with Crippen molar-refractivity contribution in [1.82, 2.24) is 0 Å². The van der Waals surface area contributed by atoms with Crippen LogP contribution in [-0.4, -0.2) is 18.0 Å². The maximum Gasteiger partial charge on any atom is 0.384 e. The first kappa shape index (κ1) is 11.5. The number of hydrogen-bond acceptors (Lipinski definition) is 5. The van der Waals surface area contributed by atoms with Gasteiger partial charge in [0.1, 0.15) is 0 Å². The van der Waals surface area contributed by atoms with Crippen LogP contribution in [0.5, 0.6) is 0 Å². The Bertz CT molecular complexity index is 499. The van der Waals surface area contributed by atoms with E-state index >= 15 is 0 Å². The lowest BCUT2D eigenvalue weighted by Gasteiger charge is -1.97. The number of nitro benzene ring substituents is 1. The van der Waals surface area contributed by atoms with Crippen molar-refractivity contribution in [3.63, 3.8) is 0 Å². The molecule has 0 saturated heterocycles. The Hall–Kier alpha value is -2.55. The minimum Gasteiger partial charge on any atom is -0.459 e. The molecule has 0 bridgehead atoms. The number of nitrogens with zero attached hydrogens (tertiary/aromatic N) is 1. The summed E-state index contributed by atoms with van der Waals surface area (Å²) in [6.07, 6.45) is 0. The summed E-state index contributed by atoms with van der Waals surface area (Å²) in [6.45, 7) is 0. The molecule has 0 fully saturated rings. The number of nitro groups is 1. The van der Waals surface area contributed by atoms with E-state index in [-0.39, 0.29) is 16.9 Å². The summed E-state index contributed by atoms with van der Waals surface area (Å²) >= 11 is 0. The lowest BCUT2D eigenvalue weighted by molar-refractivity contribution is -0.384. The van der Waals surface area contributed by atoms with Crippen molar-refractivity contribution in [3.05, 3.63) is 33.9 Å². The van der Waals surface area contributed by atoms with Crippen molar-refractivity contribution >= 4 is 17.3 Å². The number of nitrogens with two attached hydrogens (primary N) is 1. The molecule has 0 aliphatic rings. The third-order valence-corrected chi connectivity index (χ3v) is 1.73. The Balaban J connectivity index is 3.11. The molecule has 16 heavy (non-hydrogen) atoms. The number of carbonyl (C=O) groups excluding carboxylic acids is 1. The van der Waals surface area contributed by atoms with Crippen LogP contribution in [0.25, 0.3) is 0 Å². The number of non-ortho nitro benzene ring substituents is 1. The summed E-state index contributed by atoms with van der Waals surface area (Å²) in [5, 5.41) is 10.5. The molecule has 6 nitrogen and oxygen atoms in total. The van der Waals surface area contributed by atoms with E-state index in [0.717, 1.165) is 0 Å². The smallest absolute Gasteiger partial charge is 0.384 e. The molecule has 82 valence electrons. The van der Waals surface area contributed by atoms with E-state index in [2.05, 4.69) is 16.6 Å². The fourth-order valence-electron chi connectivity index (χ4n) is 0.935. The summed E-state index contributed by atoms with van der Waals surface area (Å²) in [5.74, 6) is 3.82. The minimum absolute atomic E-state index is 0.136. The maximum atomic E-state index is 10.7. The van der Waals surface area contributed by atoms with Gasteiger partial charge in [-0.2, -0.15) is 0 Å². The summed E-state index contributed by atoms with van der Waals surface area (Å²) in [4.78, 5) is 20.7. The van der Waals surface area contributed by atoms with E-state index in [4.69, 9.17) is 5.73 Å². The summed E-state index contributed by atoms with van der Waals surface area (Å²) < 4.78 is 4.30. The van der Waals surface area contributed by atoms with Gasteiger partial charge in [0.2, 0.25) is 0 Å². The van der Waals surface area contributed by atoms with Crippen molar-refractivity contribution in [2.75, 3.05) is 12.8 Å². The van der Waals surface area contributed by atoms with Crippen molar-refractivity contribution in [1.29, 1.82) is 0 Å². The molecule has 0 radical (unpaired) electrons. The third kappa shape index (κ3) is 2.72. The molecular weight excluding hydrogens is 212 g/mol. The van der Waals surface area contributed by atoms with Crippen LogP contribution < -0.4 is 5.73 Å². The van der Waals surface area contributed by atoms with Gasteiger partial charge in [-0.25, -0.2) is 4.79 Å². The first-order chi connectivity index (χ1) is 7.54. The van der Waals surface area contributed by atoms with Crippen molar-refractivity contribution in [2.45, 2.75) is 0 Å². The van der Waals surface area contributed by atoms with Crippen molar-refractivity contribution < 1.29 is 14.5 Å². The highest BCUT2D eigenvalue weighted by Gasteiger charge is 2.07. The van der Waals surface area contributed by atoms with Gasteiger partial charge in [-0.15, -0.1) is 0 Å². The summed E-state index contributed by atoms with van der Waals surface area (Å²) in [5.41, 5.74) is 5.89. The van der Waals surface area contributed by atoms with Crippen LogP contribution in [0.3, 0.4) is 0 Å². The van der Waals surface area contributed by atoms with Crippen molar-refractivity contribution in [2.24, 2.45) is 0 Å². The van der Waals surface area contributed by atoms with Gasteiger partial charge in [0.25, 0.3) is 5.69 Å². The second-order valence-corrected chi connectivity index (χ2v) is 2.77. The largest absolute Gasteiger partial charge is 0.459 e. The molecule has 0 heterocycles. The molecule has 2 N–H and O–H groups in total. The van der Waals surface area contributed by atoms with E-state index in [9.17, 15) is 14.9 Å². The number of benzene rings is 1. The molecule has 1 aromatic rings. The number of methoxy groups -OCH3 is 1. The van der Waals surface area contributed by atoms with Gasteiger partial charge in [0.15, 0.2) is 0 Å². The maximum absolute atomic E-state index is 10.7. The highest BCUT2D eigenvalue weighted by molar-refractivity contribution is 5.89. The molecule has 6 heteroatoms. The van der Waals surface area contributed by atoms with Crippen molar-refractivity contribution in [3.8, 4) is 11.8 Å². The number of hydrogen-bond donors (Lipinski definition) is 1. The minimum atomic E-state index is -0.731. The van der Waals surface area contributed by atoms with Crippen LogP contribution in [0.15, 0.2) is 18.2 Å². The number of rotatable bonds is 1. The quantitative estimate of drug-likeness (QED) is 0.247. The molecule has 1 rings (SSSR count). The van der Waals surface area contributed by atoms with Crippen LogP contribution in [-0.2, 0) is 9.53 Å². The van der Waals surface area contributed by atoms with Gasteiger partial charge < -0.3 is 10.5 Å².